The summed E-state index contributed by atoms with van der Waals surface area (Å²) in [5, 5.41) is 10.9. The summed E-state index contributed by atoms with van der Waals surface area (Å²) in [6, 6.07) is 23.9. The number of aromatic amines is 1. The average Bonchev–Trinajstić information content (AvgIpc) is 3.62. The van der Waals surface area contributed by atoms with E-state index in [1.807, 2.05) is 35.2 Å². The van der Waals surface area contributed by atoms with Crippen LogP contribution in [0.1, 0.15) is 77.3 Å². The summed E-state index contributed by atoms with van der Waals surface area (Å²) in [4.78, 5) is 28.1. The van der Waals surface area contributed by atoms with Crippen molar-refractivity contribution in [1.82, 2.24) is 19.8 Å². The fourth-order valence-corrected chi connectivity index (χ4v) is 7.56. The van der Waals surface area contributed by atoms with Crippen molar-refractivity contribution in [2.75, 3.05) is 19.6 Å². The third-order valence-electron chi connectivity index (χ3n) is 8.44. The molecule has 0 radical (unpaired) electrons. The first-order valence-corrected chi connectivity index (χ1v) is 16.4. The molecule has 3 heterocycles. The number of H-pyrrole nitrogens is 1. The molecule has 0 spiro atoms. The number of nitrogens with one attached hydrogen (secondary N) is 1. The molecule has 8 heteroatoms. The Kier molecular flexibility index (Phi) is 9.08. The van der Waals surface area contributed by atoms with Crippen LogP contribution in [0.25, 0.3) is 21.1 Å². The van der Waals surface area contributed by atoms with Gasteiger partial charge in [-0.3, -0.25) is 9.69 Å². The van der Waals surface area contributed by atoms with E-state index < -0.39 is 0 Å². The highest BCUT2D eigenvalue weighted by Gasteiger charge is 2.32. The zero-order valence-electron chi connectivity index (χ0n) is 24.5. The molecule has 1 saturated heterocycles. The number of halogens is 1. The number of imidazole rings is 1. The molecule has 1 amide bonds. The standard InChI is InChI=1S/C35H36ClN5OS/c1-2-3-19-41(35(42)33-32(36)27-13-7-8-14-31(27)43-33)30(34-38-28-16-15-24(22-37)20-29(28)39-34)21-25-11-5-6-12-26(25)23-40-17-9-4-10-18-40/h5-8,11-16,20,30H,2-4,9-10,17-19,21,23H2,1H3,(H,38,39). The second kappa shape index (κ2) is 13.3. The molecule has 5 aromatic rings. The van der Waals surface area contributed by atoms with Crippen LogP contribution in [0.15, 0.2) is 66.7 Å². The number of carbonyl (C=O) groups excluding carboxylic acids is 1. The van der Waals surface area contributed by atoms with Crippen molar-refractivity contribution < 1.29 is 4.79 Å². The molecule has 1 aliphatic heterocycles. The van der Waals surface area contributed by atoms with Crippen LogP contribution in [-0.4, -0.2) is 45.3 Å². The van der Waals surface area contributed by atoms with Crippen LogP contribution in [0.2, 0.25) is 5.02 Å². The topological polar surface area (TPSA) is 76.0 Å². The van der Waals surface area contributed by atoms with Crippen LogP contribution < -0.4 is 0 Å². The lowest BCUT2D eigenvalue weighted by atomic mass is 9.97. The number of fused-ring (bicyclic) bond motifs is 2. The molecule has 220 valence electrons. The van der Waals surface area contributed by atoms with Gasteiger partial charge in [-0.2, -0.15) is 5.26 Å². The lowest BCUT2D eigenvalue weighted by Crippen LogP contribution is -2.37. The maximum atomic E-state index is 14.5. The van der Waals surface area contributed by atoms with Crippen molar-refractivity contribution in [2.24, 2.45) is 0 Å². The average molecular weight is 610 g/mol. The Balaban J connectivity index is 1.43. The molecule has 1 unspecified atom stereocenters. The normalized spacial score (nSPS) is 14.6. The molecule has 2 aromatic heterocycles. The van der Waals surface area contributed by atoms with Crippen LogP contribution in [0.4, 0.5) is 0 Å². The van der Waals surface area contributed by atoms with Crippen molar-refractivity contribution in [3.8, 4) is 6.07 Å². The smallest absolute Gasteiger partial charge is 0.266 e. The van der Waals surface area contributed by atoms with Crippen molar-refractivity contribution in [3.05, 3.63) is 99.1 Å². The third-order valence-corrected chi connectivity index (χ3v) is 10.1. The molecule has 1 aliphatic rings. The number of aromatic nitrogens is 2. The largest absolute Gasteiger partial charge is 0.340 e. The Morgan fingerprint density at radius 3 is 2.63 bits per heavy atom. The molecule has 3 aromatic carbocycles. The van der Waals surface area contributed by atoms with Crippen molar-refractivity contribution >= 4 is 50.0 Å². The van der Waals surface area contributed by atoms with Gasteiger partial charge in [-0.05, 0) is 67.7 Å². The summed E-state index contributed by atoms with van der Waals surface area (Å²) in [6.45, 7) is 5.86. The molecule has 6 nitrogen and oxygen atoms in total. The van der Waals surface area contributed by atoms with Gasteiger partial charge in [0, 0.05) is 29.6 Å². The number of unbranched alkanes of at least 4 members (excludes halogenated alkanes) is 1. The fraction of sp³-hybridized carbons (Fsp3) is 0.343. The number of hydrogen-bond donors (Lipinski definition) is 1. The Morgan fingerprint density at radius 1 is 1.09 bits per heavy atom. The van der Waals surface area contributed by atoms with Crippen molar-refractivity contribution in [3.63, 3.8) is 0 Å². The third kappa shape index (κ3) is 6.33. The predicted octanol–water partition coefficient (Wildman–Crippen LogP) is 8.51. The molecule has 0 saturated carbocycles. The van der Waals surface area contributed by atoms with E-state index in [0.29, 0.717) is 28.4 Å². The maximum absolute atomic E-state index is 14.5. The Morgan fingerprint density at radius 2 is 1.86 bits per heavy atom. The molecule has 1 atom stereocenters. The number of amides is 1. The summed E-state index contributed by atoms with van der Waals surface area (Å²) in [5.41, 5.74) is 4.64. The molecule has 1 N–H and O–H groups in total. The predicted molar refractivity (Wildman–Crippen MR) is 176 cm³/mol. The highest BCUT2D eigenvalue weighted by Crippen LogP contribution is 2.38. The van der Waals surface area contributed by atoms with Gasteiger partial charge in [0.25, 0.3) is 5.91 Å². The van der Waals surface area contributed by atoms with Crippen LogP contribution in [-0.2, 0) is 13.0 Å². The number of piperidine rings is 1. The monoisotopic (exact) mass is 609 g/mol. The number of nitrogens with zero attached hydrogens (tertiary/aromatic N) is 4. The van der Waals surface area contributed by atoms with E-state index in [1.54, 1.807) is 12.1 Å². The molecule has 0 aliphatic carbocycles. The van der Waals surface area contributed by atoms with Crippen molar-refractivity contribution in [1.29, 1.82) is 5.26 Å². The Bertz CT molecular complexity index is 1780. The number of rotatable bonds is 10. The van der Waals surface area contributed by atoms with Gasteiger partial charge in [-0.1, -0.05) is 73.8 Å². The number of thiophene rings is 1. The summed E-state index contributed by atoms with van der Waals surface area (Å²) >= 11 is 8.33. The Labute approximate surface area is 261 Å². The number of carbonyl (C=O) groups is 1. The van der Waals surface area contributed by atoms with Gasteiger partial charge in [-0.25, -0.2) is 4.98 Å². The molecule has 0 bridgehead atoms. The summed E-state index contributed by atoms with van der Waals surface area (Å²) < 4.78 is 1.00. The lowest BCUT2D eigenvalue weighted by Gasteiger charge is -2.32. The van der Waals surface area contributed by atoms with Gasteiger partial charge >= 0.3 is 0 Å². The maximum Gasteiger partial charge on any atom is 0.266 e. The highest BCUT2D eigenvalue weighted by molar-refractivity contribution is 7.21. The quantitative estimate of drug-likeness (QED) is 0.172. The first kappa shape index (κ1) is 29.4. The van der Waals surface area contributed by atoms with E-state index in [9.17, 15) is 10.1 Å². The number of benzene rings is 3. The number of nitriles is 1. The van der Waals surface area contributed by atoms with Gasteiger partial charge < -0.3 is 9.88 Å². The number of hydrogen-bond acceptors (Lipinski definition) is 5. The van der Waals surface area contributed by atoms with Crippen LogP contribution in [0.3, 0.4) is 0 Å². The Hall–Kier alpha value is -3.70. The zero-order valence-corrected chi connectivity index (χ0v) is 26.1. The minimum Gasteiger partial charge on any atom is -0.340 e. The van der Waals surface area contributed by atoms with E-state index >= 15 is 0 Å². The fourth-order valence-electron chi connectivity index (χ4n) is 6.09. The SMILES string of the molecule is CCCCN(C(=O)c1sc2ccccc2c1Cl)C(Cc1ccccc1CN1CCCCC1)c1nc2cc(C#N)ccc2[nH]1. The van der Waals surface area contributed by atoms with Crippen LogP contribution in [0, 0.1) is 11.3 Å². The van der Waals surface area contributed by atoms with E-state index in [4.69, 9.17) is 16.6 Å². The lowest BCUT2D eigenvalue weighted by molar-refractivity contribution is 0.0668. The van der Waals surface area contributed by atoms with E-state index in [2.05, 4.69) is 47.1 Å². The van der Waals surface area contributed by atoms with E-state index in [-0.39, 0.29) is 11.9 Å². The summed E-state index contributed by atoms with van der Waals surface area (Å²) in [5.74, 6) is 0.649. The minimum atomic E-state index is -0.347. The molecule has 1 fully saturated rings. The van der Waals surface area contributed by atoms with Gasteiger partial charge in [0.15, 0.2) is 0 Å². The minimum absolute atomic E-state index is 0.0728. The first-order chi connectivity index (χ1) is 21.1. The molecule has 6 rings (SSSR count). The van der Waals surface area contributed by atoms with Crippen molar-refractivity contribution in [2.45, 2.75) is 58.0 Å². The van der Waals surface area contributed by atoms with Gasteiger partial charge in [0.2, 0.25) is 0 Å². The van der Waals surface area contributed by atoms with Gasteiger partial charge in [0.1, 0.15) is 10.7 Å². The molecule has 43 heavy (non-hydrogen) atoms. The highest BCUT2D eigenvalue weighted by atomic mass is 35.5. The first-order valence-electron chi connectivity index (χ1n) is 15.2. The summed E-state index contributed by atoms with van der Waals surface area (Å²) in [7, 11) is 0. The summed E-state index contributed by atoms with van der Waals surface area (Å²) in [6.07, 6.45) is 6.21. The van der Waals surface area contributed by atoms with E-state index in [1.165, 1.54) is 41.7 Å². The van der Waals surface area contributed by atoms with Crippen LogP contribution >= 0.6 is 22.9 Å². The van der Waals surface area contributed by atoms with Gasteiger partial charge in [-0.15, -0.1) is 11.3 Å². The second-order valence-electron chi connectivity index (χ2n) is 11.4. The van der Waals surface area contributed by atoms with E-state index in [0.717, 1.165) is 59.4 Å². The zero-order chi connectivity index (χ0) is 29.8. The molecular weight excluding hydrogens is 574 g/mol. The number of likely N-dealkylation sites (tertiary alicyclic amines) is 1. The second-order valence-corrected chi connectivity index (χ2v) is 12.8. The van der Waals surface area contributed by atoms with Crippen LogP contribution in [0.5, 0.6) is 0 Å². The molecular formula is C35H36ClN5OS. The van der Waals surface area contributed by atoms with Gasteiger partial charge in [0.05, 0.1) is 33.7 Å².